The van der Waals surface area contributed by atoms with Gasteiger partial charge in [-0.15, -0.1) is 0 Å². The number of aryl methyl sites for hydroxylation is 1. The molecule has 0 aliphatic rings. The van der Waals surface area contributed by atoms with E-state index in [-0.39, 0.29) is 18.9 Å². The zero-order valence-corrected chi connectivity index (χ0v) is 14.3. The summed E-state index contributed by atoms with van der Waals surface area (Å²) >= 11 is 1.08. The Hall–Kier alpha value is -2.67. The van der Waals surface area contributed by atoms with Gasteiger partial charge in [0.05, 0.1) is 19.2 Å². The maximum absolute atomic E-state index is 12.2. The highest BCUT2D eigenvalue weighted by molar-refractivity contribution is 7.17. The number of methoxy groups -OCH3 is 1. The van der Waals surface area contributed by atoms with Crippen molar-refractivity contribution in [2.45, 2.75) is 13.3 Å². The van der Waals surface area contributed by atoms with Gasteiger partial charge < -0.3 is 14.8 Å². The van der Waals surface area contributed by atoms with Crippen LogP contribution in [0.25, 0.3) is 0 Å². The molecule has 0 fully saturated rings. The fourth-order valence-corrected chi connectivity index (χ4v) is 2.90. The molecule has 1 aromatic heterocycles. The summed E-state index contributed by atoms with van der Waals surface area (Å²) in [5.74, 6) is -0.0638. The van der Waals surface area contributed by atoms with Crippen molar-refractivity contribution >= 4 is 28.3 Å². The number of carbonyl (C=O) groups excluding carboxylic acids is 2. The molecular formula is C17H18N2O4S. The number of benzene rings is 1. The van der Waals surface area contributed by atoms with Gasteiger partial charge in [0, 0.05) is 5.56 Å². The molecule has 1 heterocycles. The van der Waals surface area contributed by atoms with Crippen molar-refractivity contribution in [2.24, 2.45) is 0 Å². The minimum Gasteiger partial charge on any atom is -0.496 e. The lowest BCUT2D eigenvalue weighted by atomic mass is 10.1. The van der Waals surface area contributed by atoms with Crippen LogP contribution in [0.4, 0.5) is 5.13 Å². The van der Waals surface area contributed by atoms with Crippen molar-refractivity contribution in [3.05, 3.63) is 53.1 Å². The van der Waals surface area contributed by atoms with Gasteiger partial charge in [-0.3, -0.25) is 4.79 Å². The van der Waals surface area contributed by atoms with Crippen LogP contribution >= 0.6 is 11.3 Å². The molecule has 0 bridgehead atoms. The number of aromatic nitrogens is 1. The normalized spacial score (nSPS) is 10.1. The maximum Gasteiger partial charge on any atom is 0.350 e. The Balaban J connectivity index is 2.04. The lowest BCUT2D eigenvalue weighted by Crippen LogP contribution is -2.14. The number of hydrogen-bond acceptors (Lipinski definition) is 6. The van der Waals surface area contributed by atoms with E-state index in [9.17, 15) is 9.59 Å². The van der Waals surface area contributed by atoms with Crippen LogP contribution in [0.3, 0.4) is 0 Å². The number of amides is 1. The predicted molar refractivity (Wildman–Crippen MR) is 92.7 cm³/mol. The van der Waals surface area contributed by atoms with E-state index in [1.165, 1.54) is 6.08 Å². The summed E-state index contributed by atoms with van der Waals surface area (Å²) in [7, 11) is 1.56. The Labute approximate surface area is 144 Å². The van der Waals surface area contributed by atoms with E-state index in [2.05, 4.69) is 16.9 Å². The number of esters is 1. The summed E-state index contributed by atoms with van der Waals surface area (Å²) < 4.78 is 10.2. The SMILES string of the molecule is C=CCOC(=O)c1sc(NC(=O)Cc2ccccc2OC)nc1C. The second kappa shape index (κ2) is 8.26. The second-order valence-corrected chi connectivity index (χ2v) is 5.86. The first-order valence-electron chi connectivity index (χ1n) is 7.22. The molecule has 0 atom stereocenters. The monoisotopic (exact) mass is 346 g/mol. The van der Waals surface area contributed by atoms with Crippen molar-refractivity contribution in [1.29, 1.82) is 0 Å². The fraction of sp³-hybridized carbons (Fsp3) is 0.235. The van der Waals surface area contributed by atoms with Crippen molar-refractivity contribution < 1.29 is 19.1 Å². The van der Waals surface area contributed by atoms with E-state index >= 15 is 0 Å². The first kappa shape index (κ1) is 17.7. The molecule has 0 spiro atoms. The molecule has 0 radical (unpaired) electrons. The average molecular weight is 346 g/mol. The molecule has 2 aromatic rings. The maximum atomic E-state index is 12.2. The summed E-state index contributed by atoms with van der Waals surface area (Å²) in [5.41, 5.74) is 1.29. The Kier molecular flexibility index (Phi) is 6.08. The van der Waals surface area contributed by atoms with Crippen LogP contribution in [0.1, 0.15) is 20.9 Å². The van der Waals surface area contributed by atoms with Crippen molar-refractivity contribution in [2.75, 3.05) is 19.0 Å². The van der Waals surface area contributed by atoms with Gasteiger partial charge in [0.2, 0.25) is 5.91 Å². The molecule has 1 amide bonds. The Bertz CT molecular complexity index is 755. The summed E-state index contributed by atoms with van der Waals surface area (Å²) in [5, 5.41) is 3.06. The van der Waals surface area contributed by atoms with Crippen LogP contribution < -0.4 is 10.1 Å². The molecule has 0 aliphatic heterocycles. The number of nitrogens with zero attached hydrogens (tertiary/aromatic N) is 1. The van der Waals surface area contributed by atoms with Crippen LogP contribution in [-0.4, -0.2) is 30.6 Å². The highest BCUT2D eigenvalue weighted by Gasteiger charge is 2.18. The average Bonchev–Trinajstić information content (AvgIpc) is 2.93. The quantitative estimate of drug-likeness (QED) is 0.616. The highest BCUT2D eigenvalue weighted by atomic mass is 32.1. The number of rotatable bonds is 7. The van der Waals surface area contributed by atoms with E-state index < -0.39 is 5.97 Å². The van der Waals surface area contributed by atoms with E-state index in [4.69, 9.17) is 9.47 Å². The van der Waals surface area contributed by atoms with Gasteiger partial charge in [-0.1, -0.05) is 42.2 Å². The van der Waals surface area contributed by atoms with Crippen molar-refractivity contribution in [1.82, 2.24) is 4.98 Å². The fourth-order valence-electron chi connectivity index (χ4n) is 2.02. The molecule has 0 saturated carbocycles. The zero-order valence-electron chi connectivity index (χ0n) is 13.5. The lowest BCUT2D eigenvalue weighted by molar-refractivity contribution is -0.115. The summed E-state index contributed by atoms with van der Waals surface area (Å²) in [6.07, 6.45) is 1.64. The molecule has 0 unspecified atom stereocenters. The number of para-hydroxylation sites is 1. The van der Waals surface area contributed by atoms with Crippen LogP contribution in [0.15, 0.2) is 36.9 Å². The van der Waals surface area contributed by atoms with E-state index in [1.807, 2.05) is 18.2 Å². The molecular weight excluding hydrogens is 328 g/mol. The van der Waals surface area contributed by atoms with Gasteiger partial charge in [0.25, 0.3) is 0 Å². The van der Waals surface area contributed by atoms with Crippen LogP contribution in [0, 0.1) is 6.92 Å². The first-order valence-corrected chi connectivity index (χ1v) is 8.04. The standard InChI is InChI=1S/C17H18N2O4S/c1-4-9-23-16(21)15-11(2)18-17(24-15)19-14(20)10-12-7-5-6-8-13(12)22-3/h4-8H,1,9-10H2,2-3H3,(H,18,19,20). The highest BCUT2D eigenvalue weighted by Crippen LogP contribution is 2.24. The molecule has 6 nitrogen and oxygen atoms in total. The predicted octanol–water partition coefficient (Wildman–Crippen LogP) is 2.98. The van der Waals surface area contributed by atoms with Crippen LogP contribution in [0.2, 0.25) is 0 Å². The topological polar surface area (TPSA) is 77.5 Å². The Morgan fingerprint density at radius 3 is 2.83 bits per heavy atom. The largest absolute Gasteiger partial charge is 0.496 e. The van der Waals surface area contributed by atoms with E-state index in [1.54, 1.807) is 20.1 Å². The zero-order chi connectivity index (χ0) is 17.5. The smallest absolute Gasteiger partial charge is 0.350 e. The second-order valence-electron chi connectivity index (χ2n) is 4.86. The molecule has 1 aromatic carbocycles. The molecule has 7 heteroatoms. The number of ether oxygens (including phenoxy) is 2. The van der Waals surface area contributed by atoms with Crippen molar-refractivity contribution in [3.63, 3.8) is 0 Å². The van der Waals surface area contributed by atoms with Gasteiger partial charge in [0.1, 0.15) is 17.2 Å². The summed E-state index contributed by atoms with van der Waals surface area (Å²) in [4.78, 5) is 28.6. The van der Waals surface area contributed by atoms with Crippen molar-refractivity contribution in [3.8, 4) is 5.75 Å². The van der Waals surface area contributed by atoms with Gasteiger partial charge >= 0.3 is 5.97 Å². The number of thiazole rings is 1. The first-order chi connectivity index (χ1) is 11.5. The van der Waals surface area contributed by atoms with Crippen LogP contribution in [0.5, 0.6) is 5.75 Å². The molecule has 0 saturated heterocycles. The Morgan fingerprint density at radius 1 is 1.38 bits per heavy atom. The summed E-state index contributed by atoms with van der Waals surface area (Å²) in [6.45, 7) is 5.31. The van der Waals surface area contributed by atoms with E-state index in [0.29, 0.717) is 21.5 Å². The van der Waals surface area contributed by atoms with Gasteiger partial charge in [0.15, 0.2) is 5.13 Å². The van der Waals surface area contributed by atoms with Gasteiger partial charge in [-0.05, 0) is 13.0 Å². The van der Waals surface area contributed by atoms with Crippen LogP contribution in [-0.2, 0) is 16.0 Å². The lowest BCUT2D eigenvalue weighted by Gasteiger charge is -2.07. The van der Waals surface area contributed by atoms with Gasteiger partial charge in [-0.25, -0.2) is 9.78 Å². The minimum absolute atomic E-state index is 0.131. The number of hydrogen-bond donors (Lipinski definition) is 1. The molecule has 2 rings (SSSR count). The molecule has 24 heavy (non-hydrogen) atoms. The third-order valence-corrected chi connectivity index (χ3v) is 4.16. The number of anilines is 1. The minimum atomic E-state index is -0.477. The molecule has 0 aliphatic carbocycles. The summed E-state index contributed by atoms with van der Waals surface area (Å²) in [6, 6.07) is 7.30. The third kappa shape index (κ3) is 4.42. The number of nitrogens with one attached hydrogen (secondary N) is 1. The molecule has 126 valence electrons. The Morgan fingerprint density at radius 2 is 2.12 bits per heavy atom. The number of carbonyl (C=O) groups is 2. The van der Waals surface area contributed by atoms with Gasteiger partial charge in [-0.2, -0.15) is 0 Å². The third-order valence-electron chi connectivity index (χ3n) is 3.10. The molecule has 1 N–H and O–H groups in total. The van der Waals surface area contributed by atoms with E-state index in [0.717, 1.165) is 16.9 Å².